The molecule has 1 fully saturated rings. The minimum Gasteiger partial charge on any atom is -0.376 e. The summed E-state index contributed by atoms with van der Waals surface area (Å²) in [6.07, 6.45) is 1.34. The van der Waals surface area contributed by atoms with Gasteiger partial charge in [-0.2, -0.15) is 13.2 Å². The summed E-state index contributed by atoms with van der Waals surface area (Å²) in [5.41, 5.74) is -1.51. The molecule has 1 unspecified atom stereocenters. The van der Waals surface area contributed by atoms with Crippen LogP contribution in [0.25, 0.3) is 0 Å². The van der Waals surface area contributed by atoms with E-state index in [1.54, 1.807) is 0 Å². The first kappa shape index (κ1) is 12.6. The van der Waals surface area contributed by atoms with Gasteiger partial charge in [-0.15, -0.1) is 6.42 Å². The van der Waals surface area contributed by atoms with Crippen LogP contribution in [0.2, 0.25) is 0 Å². The summed E-state index contributed by atoms with van der Waals surface area (Å²) >= 11 is 0. The summed E-state index contributed by atoms with van der Waals surface area (Å²) in [7, 11) is 0. The molecule has 1 saturated heterocycles. The van der Waals surface area contributed by atoms with E-state index < -0.39 is 17.6 Å². The van der Waals surface area contributed by atoms with E-state index in [1.807, 2.05) is 0 Å². The predicted molar refractivity (Wildman–Crippen MR) is 50.3 cm³/mol. The minimum absolute atomic E-state index is 0.0269. The van der Waals surface area contributed by atoms with Gasteiger partial charge in [0.2, 0.25) is 0 Å². The molecule has 0 aromatic rings. The molecule has 0 aliphatic carbocycles. The molecule has 0 radical (unpaired) electrons. The zero-order chi connectivity index (χ0) is 12.4. The van der Waals surface area contributed by atoms with Crippen molar-refractivity contribution >= 4 is 5.91 Å². The molecule has 6 heteroatoms. The van der Waals surface area contributed by atoms with Crippen molar-refractivity contribution in [2.45, 2.75) is 11.7 Å². The summed E-state index contributed by atoms with van der Waals surface area (Å²) in [4.78, 5) is 11.7. The molecule has 0 spiro atoms. The lowest BCUT2D eigenvalue weighted by Crippen LogP contribution is -2.60. The Bertz CT molecular complexity index is 345. The van der Waals surface area contributed by atoms with Crippen molar-refractivity contribution in [3.63, 3.8) is 0 Å². The number of hydrogen-bond donors (Lipinski definition) is 0. The standard InChI is InChI=1S/C10H10F3NO2/c1-3-9(4-2)7-16-6-5-14(9)8(15)10(11,12)13/h1,4H,2,5-7H2. The molecule has 88 valence electrons. The van der Waals surface area contributed by atoms with Gasteiger partial charge in [-0.05, 0) is 0 Å². The summed E-state index contributed by atoms with van der Waals surface area (Å²) in [5, 5.41) is 0. The molecular formula is C10H10F3NO2. The van der Waals surface area contributed by atoms with Crippen LogP contribution in [0.5, 0.6) is 0 Å². The summed E-state index contributed by atoms with van der Waals surface area (Å²) in [5.74, 6) is 0.168. The van der Waals surface area contributed by atoms with Crippen molar-refractivity contribution in [1.82, 2.24) is 4.90 Å². The number of ether oxygens (including phenoxy) is 1. The molecule has 1 aliphatic heterocycles. The number of amides is 1. The molecule has 0 N–H and O–H groups in total. The maximum atomic E-state index is 12.3. The number of alkyl halides is 3. The molecular weight excluding hydrogens is 223 g/mol. The molecule has 1 rings (SSSR count). The second kappa shape index (κ2) is 4.18. The largest absolute Gasteiger partial charge is 0.471 e. The molecule has 1 aliphatic rings. The third kappa shape index (κ3) is 2.04. The highest BCUT2D eigenvalue weighted by Gasteiger charge is 2.49. The quantitative estimate of drug-likeness (QED) is 0.499. The Morgan fingerprint density at radius 3 is 2.69 bits per heavy atom. The van der Waals surface area contributed by atoms with E-state index in [1.165, 1.54) is 0 Å². The second-order valence-electron chi connectivity index (χ2n) is 3.28. The summed E-state index contributed by atoms with van der Waals surface area (Å²) in [6, 6.07) is 0. The Kier molecular flexibility index (Phi) is 3.29. The van der Waals surface area contributed by atoms with Crippen molar-refractivity contribution in [3.05, 3.63) is 12.7 Å². The van der Waals surface area contributed by atoms with Gasteiger partial charge in [-0.1, -0.05) is 18.6 Å². The van der Waals surface area contributed by atoms with E-state index in [4.69, 9.17) is 11.2 Å². The fourth-order valence-electron chi connectivity index (χ4n) is 1.44. The van der Waals surface area contributed by atoms with Crippen LogP contribution in [-0.2, 0) is 9.53 Å². The van der Waals surface area contributed by atoms with E-state index in [2.05, 4.69) is 12.5 Å². The summed E-state index contributed by atoms with van der Waals surface area (Å²) < 4.78 is 41.9. The number of halogens is 3. The molecule has 16 heavy (non-hydrogen) atoms. The maximum Gasteiger partial charge on any atom is 0.471 e. The van der Waals surface area contributed by atoms with E-state index in [0.717, 1.165) is 6.08 Å². The Hall–Kier alpha value is -1.48. The van der Waals surface area contributed by atoms with Gasteiger partial charge < -0.3 is 9.64 Å². The lowest BCUT2D eigenvalue weighted by molar-refractivity contribution is -0.194. The van der Waals surface area contributed by atoms with Gasteiger partial charge in [-0.25, -0.2) is 0 Å². The minimum atomic E-state index is -4.94. The number of hydrogen-bond acceptors (Lipinski definition) is 2. The third-order valence-corrected chi connectivity index (χ3v) is 2.34. The van der Waals surface area contributed by atoms with Gasteiger partial charge in [0, 0.05) is 6.54 Å². The highest BCUT2D eigenvalue weighted by atomic mass is 19.4. The number of morpholine rings is 1. The van der Waals surface area contributed by atoms with E-state index in [0.29, 0.717) is 4.90 Å². The van der Waals surface area contributed by atoms with Crippen LogP contribution < -0.4 is 0 Å². The predicted octanol–water partition coefficient (Wildman–Crippen LogP) is 0.965. The zero-order valence-electron chi connectivity index (χ0n) is 8.38. The fraction of sp³-hybridized carbons (Fsp3) is 0.500. The van der Waals surface area contributed by atoms with Crippen LogP contribution >= 0.6 is 0 Å². The van der Waals surface area contributed by atoms with Crippen LogP contribution in [0.3, 0.4) is 0 Å². The third-order valence-electron chi connectivity index (χ3n) is 2.34. The number of carbonyl (C=O) groups excluding carboxylic acids is 1. The average Bonchev–Trinajstić information content (AvgIpc) is 2.26. The number of rotatable bonds is 1. The first-order valence-corrected chi connectivity index (χ1v) is 4.45. The normalized spacial score (nSPS) is 26.0. The lowest BCUT2D eigenvalue weighted by atomic mass is 9.98. The van der Waals surface area contributed by atoms with Gasteiger partial charge >= 0.3 is 12.1 Å². The first-order valence-electron chi connectivity index (χ1n) is 4.45. The molecule has 1 atom stereocenters. The van der Waals surface area contributed by atoms with Crippen LogP contribution in [0.4, 0.5) is 13.2 Å². The highest BCUT2D eigenvalue weighted by molar-refractivity contribution is 5.83. The highest BCUT2D eigenvalue weighted by Crippen LogP contribution is 2.27. The topological polar surface area (TPSA) is 29.5 Å². The summed E-state index contributed by atoms with van der Waals surface area (Å²) in [6.45, 7) is 3.01. The molecule has 3 nitrogen and oxygen atoms in total. The Balaban J connectivity index is 3.05. The van der Waals surface area contributed by atoms with Gasteiger partial charge in [-0.3, -0.25) is 4.79 Å². The molecule has 0 aromatic carbocycles. The van der Waals surface area contributed by atoms with Gasteiger partial charge in [0.25, 0.3) is 0 Å². The average molecular weight is 233 g/mol. The molecule has 0 bridgehead atoms. The zero-order valence-corrected chi connectivity index (χ0v) is 8.38. The Labute approximate surface area is 90.9 Å². The van der Waals surface area contributed by atoms with Crippen molar-refractivity contribution in [1.29, 1.82) is 0 Å². The second-order valence-corrected chi connectivity index (χ2v) is 3.28. The molecule has 0 aromatic heterocycles. The van der Waals surface area contributed by atoms with Crippen LogP contribution in [-0.4, -0.2) is 42.3 Å². The van der Waals surface area contributed by atoms with Gasteiger partial charge in [0.05, 0.1) is 13.2 Å². The van der Waals surface area contributed by atoms with E-state index in [9.17, 15) is 18.0 Å². The molecule has 0 saturated carbocycles. The van der Waals surface area contributed by atoms with E-state index in [-0.39, 0.29) is 19.8 Å². The van der Waals surface area contributed by atoms with E-state index >= 15 is 0 Å². The molecule has 1 amide bonds. The van der Waals surface area contributed by atoms with Crippen LogP contribution in [0.1, 0.15) is 0 Å². The van der Waals surface area contributed by atoms with Crippen molar-refractivity contribution < 1.29 is 22.7 Å². The number of terminal acetylenes is 1. The van der Waals surface area contributed by atoms with Crippen LogP contribution in [0.15, 0.2) is 12.7 Å². The van der Waals surface area contributed by atoms with Crippen molar-refractivity contribution in [3.8, 4) is 12.3 Å². The smallest absolute Gasteiger partial charge is 0.376 e. The van der Waals surface area contributed by atoms with Crippen molar-refractivity contribution in [2.75, 3.05) is 19.8 Å². The first-order chi connectivity index (χ1) is 7.37. The Morgan fingerprint density at radius 2 is 2.25 bits per heavy atom. The van der Waals surface area contributed by atoms with Crippen molar-refractivity contribution in [2.24, 2.45) is 0 Å². The number of nitrogens with zero attached hydrogens (tertiary/aromatic N) is 1. The molecule has 1 heterocycles. The number of carbonyl (C=O) groups is 1. The monoisotopic (exact) mass is 233 g/mol. The fourth-order valence-corrected chi connectivity index (χ4v) is 1.44. The van der Waals surface area contributed by atoms with Crippen LogP contribution in [0, 0.1) is 12.3 Å². The van der Waals surface area contributed by atoms with Gasteiger partial charge in [0.15, 0.2) is 0 Å². The Morgan fingerprint density at radius 1 is 1.62 bits per heavy atom. The maximum absolute atomic E-state index is 12.3. The lowest BCUT2D eigenvalue weighted by Gasteiger charge is -2.41. The van der Waals surface area contributed by atoms with Gasteiger partial charge in [0.1, 0.15) is 5.54 Å². The SMILES string of the molecule is C#CC1(C=C)COCCN1C(=O)C(F)(F)F.